The minimum Gasteiger partial charge on any atom is -0.449 e. The third-order valence-corrected chi connectivity index (χ3v) is 1.04. The molecule has 0 aliphatic carbocycles. The number of rotatable bonds is 3. The van der Waals surface area contributed by atoms with Crippen molar-refractivity contribution in [3.63, 3.8) is 0 Å². The Balaban J connectivity index is 2.42. The third-order valence-electron chi connectivity index (χ3n) is 1.04. The molecule has 0 unspecified atom stereocenters. The second kappa shape index (κ2) is 4.17. The number of amides is 1. The molecule has 1 amide bonds. The standard InChI is InChI=1S/C7H8N2O3/c1-11-8-5-6(10)9-7-3-2-4-12-7/h2-5H,1H3,(H,9,10). The van der Waals surface area contributed by atoms with Gasteiger partial charge >= 0.3 is 0 Å². The summed E-state index contributed by atoms with van der Waals surface area (Å²) in [5, 5.41) is 5.70. The van der Waals surface area contributed by atoms with Crippen LogP contribution >= 0.6 is 0 Å². The SMILES string of the molecule is CON=CC(=O)Nc1ccco1. The number of oxime groups is 1. The van der Waals surface area contributed by atoms with Crippen LogP contribution in [0.1, 0.15) is 0 Å². The van der Waals surface area contributed by atoms with Gasteiger partial charge in [0.25, 0.3) is 5.91 Å². The minimum atomic E-state index is -0.396. The molecule has 0 aromatic carbocycles. The summed E-state index contributed by atoms with van der Waals surface area (Å²) >= 11 is 0. The van der Waals surface area contributed by atoms with Crippen molar-refractivity contribution in [1.29, 1.82) is 0 Å². The summed E-state index contributed by atoms with van der Waals surface area (Å²) in [6, 6.07) is 3.29. The van der Waals surface area contributed by atoms with Crippen molar-refractivity contribution in [2.75, 3.05) is 12.4 Å². The van der Waals surface area contributed by atoms with Crippen molar-refractivity contribution in [1.82, 2.24) is 0 Å². The van der Waals surface area contributed by atoms with Crippen LogP contribution in [0.5, 0.6) is 0 Å². The topological polar surface area (TPSA) is 63.8 Å². The summed E-state index contributed by atoms with van der Waals surface area (Å²) in [5.41, 5.74) is 0. The maximum absolute atomic E-state index is 10.9. The zero-order valence-corrected chi connectivity index (χ0v) is 6.48. The Labute approximate surface area is 69.0 Å². The highest BCUT2D eigenvalue weighted by Gasteiger charge is 1.99. The fraction of sp³-hybridized carbons (Fsp3) is 0.143. The second-order valence-corrected chi connectivity index (χ2v) is 1.88. The van der Waals surface area contributed by atoms with E-state index >= 15 is 0 Å². The molecule has 0 saturated heterocycles. The molecule has 0 bridgehead atoms. The number of furan rings is 1. The van der Waals surface area contributed by atoms with E-state index in [1.807, 2.05) is 0 Å². The fourth-order valence-corrected chi connectivity index (χ4v) is 0.604. The van der Waals surface area contributed by atoms with Gasteiger partial charge in [0.15, 0.2) is 5.88 Å². The van der Waals surface area contributed by atoms with Gasteiger partial charge in [-0.1, -0.05) is 5.16 Å². The Morgan fingerprint density at radius 1 is 1.83 bits per heavy atom. The molecule has 0 radical (unpaired) electrons. The Hall–Kier alpha value is -1.78. The molecule has 5 nitrogen and oxygen atoms in total. The highest BCUT2D eigenvalue weighted by Crippen LogP contribution is 2.05. The predicted octanol–water partition coefficient (Wildman–Crippen LogP) is 0.850. The quantitative estimate of drug-likeness (QED) is 0.537. The first-order chi connectivity index (χ1) is 5.83. The van der Waals surface area contributed by atoms with E-state index in [9.17, 15) is 4.79 Å². The first kappa shape index (κ1) is 8.32. The van der Waals surface area contributed by atoms with E-state index in [2.05, 4.69) is 15.3 Å². The predicted molar refractivity (Wildman–Crippen MR) is 42.8 cm³/mol. The average Bonchev–Trinajstić information content (AvgIpc) is 2.53. The van der Waals surface area contributed by atoms with E-state index in [4.69, 9.17) is 4.42 Å². The Morgan fingerprint density at radius 3 is 3.25 bits per heavy atom. The Morgan fingerprint density at radius 2 is 2.67 bits per heavy atom. The number of carbonyl (C=O) groups excluding carboxylic acids is 1. The first-order valence-corrected chi connectivity index (χ1v) is 3.24. The van der Waals surface area contributed by atoms with Gasteiger partial charge in [-0.25, -0.2) is 0 Å². The lowest BCUT2D eigenvalue weighted by Crippen LogP contribution is -2.11. The van der Waals surface area contributed by atoms with Crippen molar-refractivity contribution in [3.8, 4) is 0 Å². The van der Waals surface area contributed by atoms with Gasteiger partial charge in [-0.05, 0) is 6.07 Å². The van der Waals surface area contributed by atoms with Crippen LogP contribution in [-0.4, -0.2) is 19.2 Å². The lowest BCUT2D eigenvalue weighted by molar-refractivity contribution is -0.110. The molecule has 0 saturated carbocycles. The van der Waals surface area contributed by atoms with E-state index < -0.39 is 5.91 Å². The monoisotopic (exact) mass is 168 g/mol. The molecule has 1 aromatic rings. The molecule has 0 aliphatic heterocycles. The van der Waals surface area contributed by atoms with Crippen LogP contribution in [0, 0.1) is 0 Å². The molecule has 64 valence electrons. The van der Waals surface area contributed by atoms with Gasteiger partial charge in [-0.15, -0.1) is 0 Å². The van der Waals surface area contributed by atoms with Crippen molar-refractivity contribution in [3.05, 3.63) is 18.4 Å². The van der Waals surface area contributed by atoms with Crippen LogP contribution in [0.3, 0.4) is 0 Å². The van der Waals surface area contributed by atoms with Crippen molar-refractivity contribution in [2.45, 2.75) is 0 Å². The number of hydrogen-bond donors (Lipinski definition) is 1. The fourth-order valence-electron chi connectivity index (χ4n) is 0.604. The van der Waals surface area contributed by atoms with E-state index in [1.54, 1.807) is 12.1 Å². The normalized spacial score (nSPS) is 10.1. The zero-order valence-electron chi connectivity index (χ0n) is 6.48. The molecular weight excluding hydrogens is 160 g/mol. The van der Waals surface area contributed by atoms with Crippen molar-refractivity contribution >= 4 is 18.0 Å². The van der Waals surface area contributed by atoms with Crippen LogP contribution in [0.25, 0.3) is 0 Å². The molecular formula is C7H8N2O3. The van der Waals surface area contributed by atoms with E-state index in [-0.39, 0.29) is 0 Å². The van der Waals surface area contributed by atoms with Gasteiger partial charge in [-0.2, -0.15) is 0 Å². The molecule has 1 aromatic heterocycles. The van der Waals surface area contributed by atoms with Crippen molar-refractivity contribution < 1.29 is 14.0 Å². The van der Waals surface area contributed by atoms with Gasteiger partial charge in [0, 0.05) is 6.07 Å². The van der Waals surface area contributed by atoms with E-state index in [1.165, 1.54) is 13.4 Å². The zero-order chi connectivity index (χ0) is 8.81. The summed E-state index contributed by atoms with van der Waals surface area (Å²) in [7, 11) is 1.36. The van der Waals surface area contributed by atoms with Gasteiger partial charge in [0.05, 0.1) is 6.26 Å². The molecule has 1 N–H and O–H groups in total. The van der Waals surface area contributed by atoms with E-state index in [0.717, 1.165) is 6.21 Å². The maximum Gasteiger partial charge on any atom is 0.272 e. The Kier molecular flexibility index (Phi) is 2.89. The summed E-state index contributed by atoms with van der Waals surface area (Å²) in [4.78, 5) is 15.2. The van der Waals surface area contributed by atoms with Crippen LogP contribution in [0.2, 0.25) is 0 Å². The van der Waals surface area contributed by atoms with Gasteiger partial charge < -0.3 is 9.25 Å². The van der Waals surface area contributed by atoms with Crippen molar-refractivity contribution in [2.24, 2.45) is 5.16 Å². The second-order valence-electron chi connectivity index (χ2n) is 1.88. The number of carbonyl (C=O) groups is 1. The smallest absolute Gasteiger partial charge is 0.272 e. The molecule has 0 aliphatic rings. The van der Waals surface area contributed by atoms with E-state index in [0.29, 0.717) is 5.88 Å². The van der Waals surface area contributed by atoms with Crippen LogP contribution in [0.4, 0.5) is 5.88 Å². The first-order valence-electron chi connectivity index (χ1n) is 3.24. The third kappa shape index (κ3) is 2.45. The number of nitrogens with zero attached hydrogens (tertiary/aromatic N) is 1. The summed E-state index contributed by atoms with van der Waals surface area (Å²) in [6.07, 6.45) is 2.48. The maximum atomic E-state index is 10.9. The molecule has 0 spiro atoms. The molecule has 0 fully saturated rings. The minimum absolute atomic E-state index is 0.377. The number of anilines is 1. The summed E-state index contributed by atoms with van der Waals surface area (Å²) < 4.78 is 4.85. The van der Waals surface area contributed by atoms with Crippen LogP contribution in [0.15, 0.2) is 28.0 Å². The lowest BCUT2D eigenvalue weighted by atomic mass is 10.6. The van der Waals surface area contributed by atoms with Crippen LogP contribution in [-0.2, 0) is 9.63 Å². The summed E-state index contributed by atoms with van der Waals surface area (Å²) in [5.74, 6) is -0.0191. The van der Waals surface area contributed by atoms with Gasteiger partial charge in [0.1, 0.15) is 13.3 Å². The summed E-state index contributed by atoms with van der Waals surface area (Å²) in [6.45, 7) is 0. The number of hydrogen-bond acceptors (Lipinski definition) is 4. The lowest BCUT2D eigenvalue weighted by Gasteiger charge is -1.93. The van der Waals surface area contributed by atoms with Gasteiger partial charge in [-0.3, -0.25) is 10.1 Å². The highest BCUT2D eigenvalue weighted by atomic mass is 16.6. The Bertz CT molecular complexity index is 266. The molecule has 12 heavy (non-hydrogen) atoms. The largest absolute Gasteiger partial charge is 0.449 e. The van der Waals surface area contributed by atoms with Crippen LogP contribution < -0.4 is 5.32 Å². The van der Waals surface area contributed by atoms with Gasteiger partial charge in [0.2, 0.25) is 0 Å². The molecule has 0 atom stereocenters. The molecule has 1 heterocycles. The number of nitrogens with one attached hydrogen (secondary N) is 1. The molecule has 5 heteroatoms. The molecule has 1 rings (SSSR count). The average molecular weight is 168 g/mol. The highest BCUT2D eigenvalue weighted by molar-refractivity contribution is 6.31.